The number of nitro benzene ring substituents is 1. The Morgan fingerprint density at radius 1 is 1.22 bits per heavy atom. The summed E-state index contributed by atoms with van der Waals surface area (Å²) in [7, 11) is 1.54. The second kappa shape index (κ2) is 9.51. The van der Waals surface area contributed by atoms with Crippen LogP contribution >= 0.6 is 0 Å². The van der Waals surface area contributed by atoms with Crippen molar-refractivity contribution in [3.8, 4) is 5.75 Å². The third kappa shape index (κ3) is 6.46. The fourth-order valence-corrected chi connectivity index (χ4v) is 1.95. The second-order valence-electron chi connectivity index (χ2n) is 5.18. The van der Waals surface area contributed by atoms with E-state index >= 15 is 0 Å². The van der Waals surface area contributed by atoms with Gasteiger partial charge in [0.1, 0.15) is 12.3 Å². The molecule has 0 aliphatic carbocycles. The van der Waals surface area contributed by atoms with E-state index in [1.54, 1.807) is 30.3 Å². The highest BCUT2D eigenvalue weighted by atomic mass is 16.6. The molecule has 0 bridgehead atoms. The molecule has 10 heteroatoms. The Morgan fingerprint density at radius 2 is 1.96 bits per heavy atom. The van der Waals surface area contributed by atoms with Crippen LogP contribution in [0.3, 0.4) is 0 Å². The molecule has 0 saturated heterocycles. The lowest BCUT2D eigenvalue weighted by atomic mass is 10.2. The van der Waals surface area contributed by atoms with Crippen LogP contribution in [0.2, 0.25) is 0 Å². The summed E-state index contributed by atoms with van der Waals surface area (Å²) >= 11 is 0. The SMILES string of the molecule is COc1ccc(NC(=O)NCC(=O)N/N=C/c2cccc([N+](=O)[O-])c2)cc1. The van der Waals surface area contributed by atoms with Crippen LogP contribution in [0.25, 0.3) is 0 Å². The Bertz CT molecular complexity index is 851. The number of benzene rings is 2. The zero-order chi connectivity index (χ0) is 19.6. The molecule has 0 atom stereocenters. The van der Waals surface area contributed by atoms with Gasteiger partial charge in [0, 0.05) is 23.4 Å². The molecule has 2 aromatic carbocycles. The van der Waals surface area contributed by atoms with Crippen LogP contribution in [-0.4, -0.2) is 36.7 Å². The van der Waals surface area contributed by atoms with Crippen molar-refractivity contribution in [2.45, 2.75) is 0 Å². The van der Waals surface area contributed by atoms with Crippen LogP contribution in [0, 0.1) is 10.1 Å². The van der Waals surface area contributed by atoms with Gasteiger partial charge in [-0.2, -0.15) is 5.10 Å². The van der Waals surface area contributed by atoms with Crippen molar-refractivity contribution >= 4 is 29.5 Å². The van der Waals surface area contributed by atoms with Gasteiger partial charge < -0.3 is 15.4 Å². The van der Waals surface area contributed by atoms with E-state index in [0.717, 1.165) is 0 Å². The zero-order valence-corrected chi connectivity index (χ0v) is 14.3. The van der Waals surface area contributed by atoms with Crippen molar-refractivity contribution in [3.63, 3.8) is 0 Å². The van der Waals surface area contributed by atoms with E-state index in [-0.39, 0.29) is 12.2 Å². The normalized spacial score (nSPS) is 10.3. The van der Waals surface area contributed by atoms with Crippen LogP contribution in [0.5, 0.6) is 5.75 Å². The van der Waals surface area contributed by atoms with E-state index in [4.69, 9.17) is 4.74 Å². The minimum absolute atomic E-state index is 0.0813. The molecule has 0 spiro atoms. The molecule has 0 aliphatic rings. The summed E-state index contributed by atoms with van der Waals surface area (Å²) in [5, 5.41) is 19.3. The number of hydrogen-bond acceptors (Lipinski definition) is 6. The van der Waals surface area contributed by atoms with Crippen molar-refractivity contribution < 1.29 is 19.2 Å². The molecule has 140 valence electrons. The number of rotatable bonds is 7. The lowest BCUT2D eigenvalue weighted by molar-refractivity contribution is -0.384. The minimum Gasteiger partial charge on any atom is -0.497 e. The first kappa shape index (κ1) is 19.4. The van der Waals surface area contributed by atoms with Gasteiger partial charge in [0.05, 0.1) is 18.2 Å². The number of nitro groups is 1. The standard InChI is InChI=1S/C17H17N5O5/c1-27-15-7-5-13(6-8-15)20-17(24)18-11-16(23)21-19-10-12-3-2-4-14(9-12)22(25)26/h2-10H,11H2,1H3,(H,21,23)(H2,18,20,24)/b19-10+. The molecule has 0 heterocycles. The number of nitrogens with one attached hydrogen (secondary N) is 3. The third-order valence-corrected chi connectivity index (χ3v) is 3.24. The van der Waals surface area contributed by atoms with Crippen molar-refractivity contribution in [2.24, 2.45) is 5.10 Å². The van der Waals surface area contributed by atoms with Gasteiger partial charge in [0.15, 0.2) is 0 Å². The largest absolute Gasteiger partial charge is 0.497 e. The summed E-state index contributed by atoms with van der Waals surface area (Å²) in [6.45, 7) is -0.297. The number of methoxy groups -OCH3 is 1. The summed E-state index contributed by atoms with van der Waals surface area (Å²) in [4.78, 5) is 33.5. The predicted octanol–water partition coefficient (Wildman–Crippen LogP) is 1.88. The fraction of sp³-hybridized carbons (Fsp3) is 0.118. The van der Waals surface area contributed by atoms with Crippen molar-refractivity contribution in [2.75, 3.05) is 19.0 Å². The summed E-state index contributed by atoms with van der Waals surface area (Å²) in [5.41, 5.74) is 3.13. The maximum absolute atomic E-state index is 11.7. The molecule has 27 heavy (non-hydrogen) atoms. The van der Waals surface area contributed by atoms with Crippen LogP contribution in [-0.2, 0) is 4.79 Å². The van der Waals surface area contributed by atoms with Crippen molar-refractivity contribution in [3.05, 3.63) is 64.2 Å². The molecule has 3 N–H and O–H groups in total. The van der Waals surface area contributed by atoms with Crippen LogP contribution in [0.4, 0.5) is 16.2 Å². The summed E-state index contributed by atoms with van der Waals surface area (Å²) < 4.78 is 5.01. The number of urea groups is 1. The monoisotopic (exact) mass is 371 g/mol. The molecule has 0 fully saturated rings. The molecule has 0 radical (unpaired) electrons. The Hall–Kier alpha value is -3.95. The molecule has 2 aromatic rings. The Kier molecular flexibility index (Phi) is 6.83. The smallest absolute Gasteiger partial charge is 0.319 e. The van der Waals surface area contributed by atoms with Crippen molar-refractivity contribution in [1.29, 1.82) is 0 Å². The molecular weight excluding hydrogens is 354 g/mol. The maximum Gasteiger partial charge on any atom is 0.319 e. The molecular formula is C17H17N5O5. The van der Waals surface area contributed by atoms with E-state index in [0.29, 0.717) is 17.0 Å². The van der Waals surface area contributed by atoms with Crippen LogP contribution in [0.15, 0.2) is 53.6 Å². The van der Waals surface area contributed by atoms with Gasteiger partial charge in [0.2, 0.25) is 0 Å². The molecule has 2 rings (SSSR count). The number of carbonyl (C=O) groups excluding carboxylic acids is 2. The summed E-state index contributed by atoms with van der Waals surface area (Å²) in [5.74, 6) is 0.100. The van der Waals surface area contributed by atoms with Crippen LogP contribution < -0.4 is 20.8 Å². The van der Waals surface area contributed by atoms with Gasteiger partial charge in [-0.05, 0) is 24.3 Å². The van der Waals surface area contributed by atoms with Gasteiger partial charge in [-0.15, -0.1) is 0 Å². The average molecular weight is 371 g/mol. The van der Waals surface area contributed by atoms with Gasteiger partial charge in [-0.25, -0.2) is 10.2 Å². The van der Waals surface area contributed by atoms with E-state index < -0.39 is 16.9 Å². The van der Waals surface area contributed by atoms with E-state index in [2.05, 4.69) is 21.2 Å². The molecule has 0 aliphatic heterocycles. The van der Waals surface area contributed by atoms with Gasteiger partial charge in [0.25, 0.3) is 11.6 Å². The number of carbonyl (C=O) groups is 2. The van der Waals surface area contributed by atoms with Crippen molar-refractivity contribution in [1.82, 2.24) is 10.7 Å². The predicted molar refractivity (Wildman–Crippen MR) is 98.8 cm³/mol. The maximum atomic E-state index is 11.7. The first-order valence-electron chi connectivity index (χ1n) is 7.73. The highest BCUT2D eigenvalue weighted by Crippen LogP contribution is 2.14. The molecule has 0 saturated carbocycles. The van der Waals surface area contributed by atoms with Gasteiger partial charge in [-0.1, -0.05) is 12.1 Å². The Morgan fingerprint density at radius 3 is 2.63 bits per heavy atom. The first-order chi connectivity index (χ1) is 13.0. The quantitative estimate of drug-likeness (QED) is 0.388. The van der Waals surface area contributed by atoms with E-state index in [1.807, 2.05) is 0 Å². The van der Waals surface area contributed by atoms with Gasteiger partial charge in [-0.3, -0.25) is 14.9 Å². The molecule has 0 unspecified atom stereocenters. The minimum atomic E-state index is -0.557. The zero-order valence-electron chi connectivity index (χ0n) is 14.3. The molecule has 3 amide bonds. The number of nitrogens with zero attached hydrogens (tertiary/aromatic N) is 2. The topological polar surface area (TPSA) is 135 Å². The van der Waals surface area contributed by atoms with Gasteiger partial charge >= 0.3 is 6.03 Å². The average Bonchev–Trinajstić information content (AvgIpc) is 2.67. The number of hydrazone groups is 1. The number of hydrogen-bond donors (Lipinski definition) is 3. The second-order valence-corrected chi connectivity index (χ2v) is 5.18. The lowest BCUT2D eigenvalue weighted by Gasteiger charge is -2.07. The molecule has 10 nitrogen and oxygen atoms in total. The number of non-ortho nitro benzene ring substituents is 1. The highest BCUT2D eigenvalue weighted by molar-refractivity contribution is 5.92. The fourth-order valence-electron chi connectivity index (χ4n) is 1.95. The molecule has 0 aromatic heterocycles. The highest BCUT2D eigenvalue weighted by Gasteiger charge is 2.06. The summed E-state index contributed by atoms with van der Waals surface area (Å²) in [6.07, 6.45) is 1.27. The third-order valence-electron chi connectivity index (χ3n) is 3.24. The summed E-state index contributed by atoms with van der Waals surface area (Å²) in [6, 6.07) is 11.9. The Labute approximate surface area is 154 Å². The number of ether oxygens (including phenoxy) is 1. The van der Waals surface area contributed by atoms with E-state index in [9.17, 15) is 19.7 Å². The number of anilines is 1. The van der Waals surface area contributed by atoms with E-state index in [1.165, 1.54) is 31.5 Å². The lowest BCUT2D eigenvalue weighted by Crippen LogP contribution is -2.37. The first-order valence-corrected chi connectivity index (χ1v) is 7.73. The Balaban J connectivity index is 1.75. The number of amides is 3. The van der Waals surface area contributed by atoms with Crippen LogP contribution in [0.1, 0.15) is 5.56 Å².